The van der Waals surface area contributed by atoms with Crippen LogP contribution in [0.1, 0.15) is 40.5 Å². The first kappa shape index (κ1) is 13.9. The summed E-state index contributed by atoms with van der Waals surface area (Å²) in [7, 11) is 0. The minimum absolute atomic E-state index is 0.364. The second-order valence-electron chi connectivity index (χ2n) is 5.30. The average Bonchev–Trinajstić information content (AvgIpc) is 2.65. The Labute approximate surface area is 101 Å². The fraction of sp³-hybridized carbons (Fsp3) is 1.00. The predicted octanol–water partition coefficient (Wildman–Crippen LogP) is 1.87. The topological polar surface area (TPSA) is 24.5 Å². The second kappa shape index (κ2) is 7.25. The van der Waals surface area contributed by atoms with Crippen LogP contribution in [0.5, 0.6) is 0 Å². The smallest absolute Gasteiger partial charge is 0.0518 e. The molecule has 0 bridgehead atoms. The van der Waals surface area contributed by atoms with Crippen LogP contribution in [0.25, 0.3) is 0 Å². The minimum atomic E-state index is 0.364. The molecule has 1 heterocycles. The van der Waals surface area contributed by atoms with Crippen molar-refractivity contribution in [2.75, 3.05) is 26.2 Å². The summed E-state index contributed by atoms with van der Waals surface area (Å²) >= 11 is 0. The molecule has 3 nitrogen and oxygen atoms in total. The molecule has 1 fully saturated rings. The van der Waals surface area contributed by atoms with Crippen molar-refractivity contribution in [3.05, 3.63) is 0 Å². The van der Waals surface area contributed by atoms with Crippen molar-refractivity contribution >= 4 is 0 Å². The summed E-state index contributed by atoms with van der Waals surface area (Å²) in [5.74, 6) is 0. The minimum Gasteiger partial charge on any atom is -0.379 e. The standard InChI is InChI=1S/C13H28N2O/c1-11(2)15-8-6-13(10-15)14-7-5-9-16-12(3)4/h11-14H,5-10H2,1-4H3. The lowest BCUT2D eigenvalue weighted by molar-refractivity contribution is 0.0767. The highest BCUT2D eigenvalue weighted by Crippen LogP contribution is 2.11. The van der Waals surface area contributed by atoms with E-state index in [9.17, 15) is 0 Å². The summed E-state index contributed by atoms with van der Waals surface area (Å²) in [6.45, 7) is 13.2. The highest BCUT2D eigenvalue weighted by Gasteiger charge is 2.23. The van der Waals surface area contributed by atoms with E-state index in [-0.39, 0.29) is 0 Å². The Kier molecular flexibility index (Phi) is 6.32. The van der Waals surface area contributed by atoms with Gasteiger partial charge in [-0.15, -0.1) is 0 Å². The molecule has 1 unspecified atom stereocenters. The van der Waals surface area contributed by atoms with Crippen LogP contribution >= 0.6 is 0 Å². The maximum Gasteiger partial charge on any atom is 0.0518 e. The lowest BCUT2D eigenvalue weighted by Crippen LogP contribution is -2.35. The molecule has 0 spiro atoms. The zero-order valence-corrected chi connectivity index (χ0v) is 11.3. The van der Waals surface area contributed by atoms with Crippen LogP contribution in [-0.4, -0.2) is 49.3 Å². The third-order valence-electron chi connectivity index (χ3n) is 3.16. The first-order chi connectivity index (χ1) is 7.59. The van der Waals surface area contributed by atoms with E-state index in [1.165, 1.54) is 19.5 Å². The molecule has 0 aromatic rings. The predicted molar refractivity (Wildman–Crippen MR) is 68.8 cm³/mol. The van der Waals surface area contributed by atoms with Crippen LogP contribution < -0.4 is 5.32 Å². The van der Waals surface area contributed by atoms with Crippen molar-refractivity contribution in [2.45, 2.75) is 58.7 Å². The van der Waals surface area contributed by atoms with E-state index in [0.717, 1.165) is 19.6 Å². The molecule has 96 valence electrons. The van der Waals surface area contributed by atoms with Gasteiger partial charge in [-0.1, -0.05) is 0 Å². The maximum absolute atomic E-state index is 5.52. The van der Waals surface area contributed by atoms with E-state index >= 15 is 0 Å². The van der Waals surface area contributed by atoms with Crippen LogP contribution in [0.15, 0.2) is 0 Å². The highest BCUT2D eigenvalue weighted by molar-refractivity contribution is 4.82. The van der Waals surface area contributed by atoms with Crippen molar-refractivity contribution in [1.29, 1.82) is 0 Å². The van der Waals surface area contributed by atoms with E-state index in [0.29, 0.717) is 18.2 Å². The van der Waals surface area contributed by atoms with Crippen LogP contribution in [0.4, 0.5) is 0 Å². The summed E-state index contributed by atoms with van der Waals surface area (Å²) in [6.07, 6.45) is 2.78. The Morgan fingerprint density at radius 2 is 2.06 bits per heavy atom. The van der Waals surface area contributed by atoms with Crippen molar-refractivity contribution in [3.8, 4) is 0 Å². The van der Waals surface area contributed by atoms with Gasteiger partial charge in [0, 0.05) is 25.2 Å². The average molecular weight is 228 g/mol. The first-order valence-electron chi connectivity index (χ1n) is 6.68. The number of ether oxygens (including phenoxy) is 1. The zero-order valence-electron chi connectivity index (χ0n) is 11.3. The quantitative estimate of drug-likeness (QED) is 0.673. The van der Waals surface area contributed by atoms with Gasteiger partial charge in [-0.05, 0) is 53.6 Å². The summed E-state index contributed by atoms with van der Waals surface area (Å²) in [5.41, 5.74) is 0. The molecule has 0 radical (unpaired) electrons. The SMILES string of the molecule is CC(C)OCCCNC1CCN(C(C)C)C1. The summed E-state index contributed by atoms with van der Waals surface area (Å²) in [4.78, 5) is 2.54. The monoisotopic (exact) mass is 228 g/mol. The maximum atomic E-state index is 5.52. The number of nitrogens with zero attached hydrogens (tertiary/aromatic N) is 1. The van der Waals surface area contributed by atoms with Gasteiger partial charge in [-0.3, -0.25) is 4.90 Å². The van der Waals surface area contributed by atoms with Crippen molar-refractivity contribution < 1.29 is 4.74 Å². The van der Waals surface area contributed by atoms with Crippen molar-refractivity contribution in [2.24, 2.45) is 0 Å². The van der Waals surface area contributed by atoms with Gasteiger partial charge < -0.3 is 10.1 Å². The lowest BCUT2D eigenvalue weighted by Gasteiger charge is -2.20. The molecule has 0 amide bonds. The molecule has 0 aromatic carbocycles. The van der Waals surface area contributed by atoms with Crippen LogP contribution in [-0.2, 0) is 4.74 Å². The second-order valence-corrected chi connectivity index (χ2v) is 5.30. The Morgan fingerprint density at radius 1 is 1.31 bits per heavy atom. The molecule has 1 saturated heterocycles. The highest BCUT2D eigenvalue weighted by atomic mass is 16.5. The molecular weight excluding hydrogens is 200 g/mol. The van der Waals surface area contributed by atoms with Gasteiger partial charge >= 0.3 is 0 Å². The molecule has 16 heavy (non-hydrogen) atoms. The summed E-state index contributed by atoms with van der Waals surface area (Å²) in [6, 6.07) is 1.39. The van der Waals surface area contributed by atoms with E-state index in [2.05, 4.69) is 37.9 Å². The fourth-order valence-corrected chi connectivity index (χ4v) is 2.12. The zero-order chi connectivity index (χ0) is 12.0. The van der Waals surface area contributed by atoms with Gasteiger partial charge in [-0.25, -0.2) is 0 Å². The van der Waals surface area contributed by atoms with Gasteiger partial charge in [0.15, 0.2) is 0 Å². The molecule has 1 N–H and O–H groups in total. The molecule has 0 aromatic heterocycles. The van der Waals surface area contributed by atoms with Crippen molar-refractivity contribution in [3.63, 3.8) is 0 Å². The van der Waals surface area contributed by atoms with Crippen molar-refractivity contribution in [1.82, 2.24) is 10.2 Å². The molecule has 1 rings (SSSR count). The van der Waals surface area contributed by atoms with Gasteiger partial charge in [0.2, 0.25) is 0 Å². The summed E-state index contributed by atoms with van der Waals surface area (Å²) < 4.78 is 5.52. The molecule has 3 heteroatoms. The van der Waals surface area contributed by atoms with Gasteiger partial charge in [0.25, 0.3) is 0 Å². The lowest BCUT2D eigenvalue weighted by atomic mass is 10.2. The molecule has 0 saturated carbocycles. The van der Waals surface area contributed by atoms with E-state index < -0.39 is 0 Å². The largest absolute Gasteiger partial charge is 0.379 e. The number of nitrogens with one attached hydrogen (secondary N) is 1. The Bertz CT molecular complexity index is 183. The van der Waals surface area contributed by atoms with Gasteiger partial charge in [0.1, 0.15) is 0 Å². The summed E-state index contributed by atoms with van der Waals surface area (Å²) in [5, 5.41) is 3.62. The van der Waals surface area contributed by atoms with Gasteiger partial charge in [0.05, 0.1) is 6.10 Å². The molecule has 1 aliphatic rings. The molecular formula is C13H28N2O. The molecule has 1 aliphatic heterocycles. The third kappa shape index (κ3) is 5.28. The van der Waals surface area contributed by atoms with E-state index in [1.54, 1.807) is 0 Å². The Balaban J connectivity index is 1.98. The fourth-order valence-electron chi connectivity index (χ4n) is 2.12. The third-order valence-corrected chi connectivity index (χ3v) is 3.16. The molecule has 0 aliphatic carbocycles. The van der Waals surface area contributed by atoms with Gasteiger partial charge in [-0.2, -0.15) is 0 Å². The molecule has 1 atom stereocenters. The van der Waals surface area contributed by atoms with E-state index in [4.69, 9.17) is 4.74 Å². The Hall–Kier alpha value is -0.120. The number of hydrogen-bond donors (Lipinski definition) is 1. The van der Waals surface area contributed by atoms with E-state index in [1.807, 2.05) is 0 Å². The normalized spacial score (nSPS) is 22.5. The first-order valence-corrected chi connectivity index (χ1v) is 6.68. The number of rotatable bonds is 7. The van der Waals surface area contributed by atoms with Crippen LogP contribution in [0.3, 0.4) is 0 Å². The van der Waals surface area contributed by atoms with Crippen LogP contribution in [0.2, 0.25) is 0 Å². The number of hydrogen-bond acceptors (Lipinski definition) is 3. The van der Waals surface area contributed by atoms with Crippen LogP contribution in [0, 0.1) is 0 Å². The Morgan fingerprint density at radius 3 is 2.62 bits per heavy atom. The number of likely N-dealkylation sites (tertiary alicyclic amines) is 1.